The van der Waals surface area contributed by atoms with E-state index in [2.05, 4.69) is 42.2 Å². The highest BCUT2D eigenvalue weighted by Gasteiger charge is 2.13. The molecule has 1 aromatic carbocycles. The lowest BCUT2D eigenvalue weighted by Crippen LogP contribution is -2.12. The molecule has 0 aliphatic carbocycles. The van der Waals surface area contributed by atoms with Crippen LogP contribution in [0.15, 0.2) is 45.6 Å². The zero-order valence-corrected chi connectivity index (χ0v) is 12.2. The summed E-state index contributed by atoms with van der Waals surface area (Å²) in [4.78, 5) is 16.0. The van der Waals surface area contributed by atoms with Gasteiger partial charge in [0.2, 0.25) is 0 Å². The summed E-state index contributed by atoms with van der Waals surface area (Å²) < 4.78 is 1.25. The molecule has 0 fully saturated rings. The number of anilines is 1. The van der Waals surface area contributed by atoms with Gasteiger partial charge in [0.25, 0.3) is 5.91 Å². The molecule has 0 radical (unpaired) electrons. The van der Waals surface area contributed by atoms with E-state index < -0.39 is 5.91 Å². The van der Waals surface area contributed by atoms with Gasteiger partial charge < -0.3 is 10.4 Å². The summed E-state index contributed by atoms with van der Waals surface area (Å²) in [6, 6.07) is 8.09. The lowest BCUT2D eigenvalue weighted by molar-refractivity contribution is 0.102. The predicted molar refractivity (Wildman–Crippen MR) is 75.7 cm³/mol. The minimum Gasteiger partial charge on any atom is -0.507 e. The van der Waals surface area contributed by atoms with Gasteiger partial charge in [-0.2, -0.15) is 0 Å². The van der Waals surface area contributed by atoms with Crippen molar-refractivity contribution in [2.75, 3.05) is 5.32 Å². The Morgan fingerprint density at radius 1 is 1.28 bits per heavy atom. The van der Waals surface area contributed by atoms with Crippen LogP contribution in [0, 0.1) is 0 Å². The molecule has 2 aromatic rings. The summed E-state index contributed by atoms with van der Waals surface area (Å²) >= 11 is 6.48. The predicted octanol–water partition coefficient (Wildman–Crippen LogP) is 3.56. The molecule has 0 saturated carbocycles. The van der Waals surface area contributed by atoms with E-state index in [1.807, 2.05) is 0 Å². The molecule has 4 nitrogen and oxygen atoms in total. The van der Waals surface area contributed by atoms with Gasteiger partial charge in [0.15, 0.2) is 0 Å². The number of aromatic hydroxyl groups is 1. The van der Waals surface area contributed by atoms with Crippen LogP contribution in [0.25, 0.3) is 0 Å². The summed E-state index contributed by atoms with van der Waals surface area (Å²) in [5.74, 6) is -0.474. The Balaban J connectivity index is 2.28. The van der Waals surface area contributed by atoms with Crippen molar-refractivity contribution in [1.29, 1.82) is 0 Å². The molecule has 2 rings (SSSR count). The number of halogens is 2. The molecular weight excluding hydrogens is 364 g/mol. The van der Waals surface area contributed by atoms with Crippen molar-refractivity contribution >= 4 is 43.5 Å². The van der Waals surface area contributed by atoms with Gasteiger partial charge >= 0.3 is 0 Å². The number of hydrogen-bond donors (Lipinski definition) is 2. The number of carbonyl (C=O) groups excluding carboxylic acids is 1. The molecule has 0 atom stereocenters. The van der Waals surface area contributed by atoms with Crippen LogP contribution >= 0.6 is 31.9 Å². The molecule has 0 aliphatic heterocycles. The number of aromatic nitrogens is 1. The maximum atomic E-state index is 12.0. The van der Waals surface area contributed by atoms with E-state index in [1.54, 1.807) is 30.5 Å². The summed E-state index contributed by atoms with van der Waals surface area (Å²) in [7, 11) is 0. The Morgan fingerprint density at radius 2 is 2.06 bits per heavy atom. The Bertz CT molecular complexity index is 602. The quantitative estimate of drug-likeness (QED) is 0.793. The Labute approximate surface area is 120 Å². The third-order valence-electron chi connectivity index (χ3n) is 2.21. The first kappa shape index (κ1) is 13.0. The minimum absolute atomic E-state index is 0.0734. The lowest BCUT2D eigenvalue weighted by atomic mass is 10.2. The van der Waals surface area contributed by atoms with Crippen molar-refractivity contribution in [2.24, 2.45) is 0 Å². The zero-order valence-electron chi connectivity index (χ0n) is 9.02. The van der Waals surface area contributed by atoms with E-state index in [0.717, 1.165) is 4.47 Å². The molecule has 0 unspecified atom stereocenters. The highest BCUT2D eigenvalue weighted by Crippen LogP contribution is 2.24. The highest BCUT2D eigenvalue weighted by molar-refractivity contribution is 9.10. The zero-order chi connectivity index (χ0) is 13.1. The highest BCUT2D eigenvalue weighted by atomic mass is 79.9. The average molecular weight is 372 g/mol. The van der Waals surface area contributed by atoms with Gasteiger partial charge in [0, 0.05) is 10.7 Å². The number of phenolic OH excluding ortho intramolecular Hbond substituents is 1. The first-order chi connectivity index (χ1) is 8.58. The van der Waals surface area contributed by atoms with Gasteiger partial charge in [0.1, 0.15) is 10.4 Å². The lowest BCUT2D eigenvalue weighted by Gasteiger charge is -2.08. The van der Waals surface area contributed by atoms with E-state index in [0.29, 0.717) is 10.3 Å². The van der Waals surface area contributed by atoms with Crippen molar-refractivity contribution in [1.82, 2.24) is 4.98 Å². The number of hydrogen-bond acceptors (Lipinski definition) is 3. The topological polar surface area (TPSA) is 62.2 Å². The Kier molecular flexibility index (Phi) is 3.98. The molecule has 6 heteroatoms. The van der Waals surface area contributed by atoms with Crippen molar-refractivity contribution in [3.05, 3.63) is 51.2 Å². The molecule has 0 bridgehead atoms. The second-order valence-corrected chi connectivity index (χ2v) is 5.12. The van der Waals surface area contributed by atoms with E-state index in [-0.39, 0.29) is 11.3 Å². The second kappa shape index (κ2) is 5.49. The third kappa shape index (κ3) is 2.88. The van der Waals surface area contributed by atoms with Gasteiger partial charge in [-0.3, -0.25) is 4.79 Å². The minimum atomic E-state index is -0.400. The number of nitrogens with one attached hydrogen (secondary N) is 1. The molecule has 18 heavy (non-hydrogen) atoms. The number of carbonyl (C=O) groups is 1. The normalized spacial score (nSPS) is 10.1. The van der Waals surface area contributed by atoms with Crippen molar-refractivity contribution in [3.63, 3.8) is 0 Å². The van der Waals surface area contributed by atoms with Crippen LogP contribution in [-0.2, 0) is 0 Å². The van der Waals surface area contributed by atoms with Crippen LogP contribution in [0.2, 0.25) is 0 Å². The molecule has 0 saturated heterocycles. The maximum absolute atomic E-state index is 12.0. The molecule has 1 heterocycles. The number of benzene rings is 1. The Morgan fingerprint density at radius 3 is 2.78 bits per heavy atom. The van der Waals surface area contributed by atoms with Crippen LogP contribution in [0.3, 0.4) is 0 Å². The third-order valence-corrected chi connectivity index (χ3v) is 3.34. The molecule has 1 aromatic heterocycles. The molecule has 0 spiro atoms. The second-order valence-electron chi connectivity index (χ2n) is 3.46. The summed E-state index contributed by atoms with van der Waals surface area (Å²) in [5.41, 5.74) is 0.738. The molecule has 0 aliphatic rings. The number of amides is 1. The van der Waals surface area contributed by atoms with Crippen LogP contribution in [0.1, 0.15) is 10.4 Å². The monoisotopic (exact) mass is 370 g/mol. The van der Waals surface area contributed by atoms with Crippen LogP contribution in [0.5, 0.6) is 5.75 Å². The van der Waals surface area contributed by atoms with Gasteiger partial charge in [-0.05, 0) is 46.3 Å². The van der Waals surface area contributed by atoms with E-state index in [1.165, 1.54) is 6.07 Å². The SMILES string of the molecule is O=C(Nc1cccnc1Br)c1cc(Br)ccc1O. The number of phenols is 1. The van der Waals surface area contributed by atoms with E-state index >= 15 is 0 Å². The first-order valence-corrected chi connectivity index (χ1v) is 6.57. The van der Waals surface area contributed by atoms with Gasteiger partial charge in [-0.15, -0.1) is 0 Å². The van der Waals surface area contributed by atoms with Crippen molar-refractivity contribution in [3.8, 4) is 5.75 Å². The molecule has 1 amide bonds. The summed E-state index contributed by atoms with van der Waals surface area (Å²) in [5, 5.41) is 12.3. The van der Waals surface area contributed by atoms with Gasteiger partial charge in [-0.1, -0.05) is 15.9 Å². The van der Waals surface area contributed by atoms with Crippen molar-refractivity contribution < 1.29 is 9.90 Å². The number of rotatable bonds is 2. The standard InChI is InChI=1S/C12H8Br2N2O2/c13-7-3-4-10(17)8(6-7)12(18)16-9-2-1-5-15-11(9)14/h1-6,17H,(H,16,18). The van der Waals surface area contributed by atoms with E-state index in [9.17, 15) is 9.90 Å². The van der Waals surface area contributed by atoms with Gasteiger partial charge in [-0.25, -0.2) is 4.98 Å². The maximum Gasteiger partial charge on any atom is 0.259 e. The fraction of sp³-hybridized carbons (Fsp3) is 0. The smallest absolute Gasteiger partial charge is 0.259 e. The van der Waals surface area contributed by atoms with Crippen LogP contribution in [-0.4, -0.2) is 16.0 Å². The number of pyridine rings is 1. The van der Waals surface area contributed by atoms with Crippen LogP contribution < -0.4 is 5.32 Å². The fourth-order valence-electron chi connectivity index (χ4n) is 1.36. The average Bonchev–Trinajstić information content (AvgIpc) is 2.35. The molecular formula is C12H8Br2N2O2. The largest absolute Gasteiger partial charge is 0.507 e. The van der Waals surface area contributed by atoms with Crippen molar-refractivity contribution in [2.45, 2.75) is 0 Å². The molecule has 92 valence electrons. The van der Waals surface area contributed by atoms with Crippen LogP contribution in [0.4, 0.5) is 5.69 Å². The Hall–Kier alpha value is -1.40. The van der Waals surface area contributed by atoms with Gasteiger partial charge in [0.05, 0.1) is 11.3 Å². The number of nitrogens with zero attached hydrogens (tertiary/aromatic N) is 1. The fourth-order valence-corrected chi connectivity index (χ4v) is 2.07. The molecule has 2 N–H and O–H groups in total. The summed E-state index contributed by atoms with van der Waals surface area (Å²) in [6.45, 7) is 0. The summed E-state index contributed by atoms with van der Waals surface area (Å²) in [6.07, 6.45) is 1.61. The first-order valence-electron chi connectivity index (χ1n) is 4.98. The van der Waals surface area contributed by atoms with E-state index in [4.69, 9.17) is 0 Å².